The fourth-order valence-electron chi connectivity index (χ4n) is 2.96. The van der Waals surface area contributed by atoms with Crippen LogP contribution in [0.3, 0.4) is 0 Å². The standard InChI is InChI=1S/C18H21N3O3S/c1-24-15-6-4-12(5-7-15)18-20-14(11-25-18)9-16(22)21-8-2-3-13(10-21)17(19)23/h4-7,11,13H,2-3,8-10H2,1H3,(H2,19,23). The van der Waals surface area contributed by atoms with Gasteiger partial charge in [-0.05, 0) is 37.1 Å². The smallest absolute Gasteiger partial charge is 0.228 e. The van der Waals surface area contributed by atoms with Crippen LogP contribution in [0.2, 0.25) is 0 Å². The molecule has 0 aliphatic carbocycles. The number of thiazole rings is 1. The molecule has 1 atom stereocenters. The van der Waals surface area contributed by atoms with E-state index in [4.69, 9.17) is 10.5 Å². The Morgan fingerprint density at radius 2 is 2.12 bits per heavy atom. The summed E-state index contributed by atoms with van der Waals surface area (Å²) in [4.78, 5) is 30.1. The fraction of sp³-hybridized carbons (Fsp3) is 0.389. The lowest BCUT2D eigenvalue weighted by molar-refractivity contribution is -0.134. The first-order valence-corrected chi connectivity index (χ1v) is 9.10. The molecule has 1 aliphatic rings. The molecule has 2 heterocycles. The number of benzene rings is 1. The van der Waals surface area contributed by atoms with Crippen LogP contribution in [0, 0.1) is 5.92 Å². The van der Waals surface area contributed by atoms with Crippen molar-refractivity contribution < 1.29 is 14.3 Å². The summed E-state index contributed by atoms with van der Waals surface area (Å²) in [5, 5.41) is 2.78. The van der Waals surface area contributed by atoms with Crippen molar-refractivity contribution >= 4 is 23.2 Å². The van der Waals surface area contributed by atoms with E-state index >= 15 is 0 Å². The first-order chi connectivity index (χ1) is 12.1. The van der Waals surface area contributed by atoms with Crippen LogP contribution in [0.25, 0.3) is 10.6 Å². The number of nitrogens with two attached hydrogens (primary N) is 1. The maximum atomic E-state index is 12.5. The van der Waals surface area contributed by atoms with Crippen molar-refractivity contribution in [2.45, 2.75) is 19.3 Å². The number of nitrogens with zero attached hydrogens (tertiary/aromatic N) is 2. The molecule has 1 aromatic heterocycles. The minimum atomic E-state index is -0.326. The molecule has 0 bridgehead atoms. The van der Waals surface area contributed by atoms with Crippen molar-refractivity contribution in [3.63, 3.8) is 0 Å². The Bertz CT molecular complexity index is 757. The molecule has 0 saturated carbocycles. The molecule has 6 nitrogen and oxygen atoms in total. The summed E-state index contributed by atoms with van der Waals surface area (Å²) in [5.74, 6) is 0.235. The highest BCUT2D eigenvalue weighted by Gasteiger charge is 2.27. The number of rotatable bonds is 5. The number of carbonyl (C=O) groups is 2. The minimum absolute atomic E-state index is 0.00229. The van der Waals surface area contributed by atoms with Gasteiger partial charge in [-0.25, -0.2) is 4.98 Å². The zero-order valence-electron chi connectivity index (χ0n) is 14.1. The highest BCUT2D eigenvalue weighted by atomic mass is 32.1. The third-order valence-electron chi connectivity index (χ3n) is 4.40. The molecular formula is C18H21N3O3S. The summed E-state index contributed by atoms with van der Waals surface area (Å²) in [6.07, 6.45) is 1.82. The van der Waals surface area contributed by atoms with Crippen LogP contribution in [-0.4, -0.2) is 41.9 Å². The van der Waals surface area contributed by atoms with Crippen LogP contribution >= 0.6 is 11.3 Å². The van der Waals surface area contributed by atoms with Gasteiger partial charge in [0.2, 0.25) is 11.8 Å². The van der Waals surface area contributed by atoms with E-state index in [1.165, 1.54) is 11.3 Å². The first kappa shape index (κ1) is 17.4. The van der Waals surface area contributed by atoms with Gasteiger partial charge in [0.05, 0.1) is 25.1 Å². The third-order valence-corrected chi connectivity index (χ3v) is 5.34. The predicted molar refractivity (Wildman–Crippen MR) is 96.3 cm³/mol. The average molecular weight is 359 g/mol. The molecule has 7 heteroatoms. The van der Waals surface area contributed by atoms with E-state index in [1.807, 2.05) is 29.6 Å². The largest absolute Gasteiger partial charge is 0.497 e. The Hall–Kier alpha value is -2.41. The molecular weight excluding hydrogens is 338 g/mol. The van der Waals surface area contributed by atoms with E-state index in [9.17, 15) is 9.59 Å². The molecule has 2 amide bonds. The lowest BCUT2D eigenvalue weighted by atomic mass is 9.97. The summed E-state index contributed by atoms with van der Waals surface area (Å²) < 4.78 is 5.16. The predicted octanol–water partition coefficient (Wildman–Crippen LogP) is 2.09. The molecule has 1 saturated heterocycles. The van der Waals surface area contributed by atoms with Crippen molar-refractivity contribution in [1.29, 1.82) is 0 Å². The summed E-state index contributed by atoms with van der Waals surface area (Å²) in [7, 11) is 1.63. The number of carbonyl (C=O) groups excluding carboxylic acids is 2. The van der Waals surface area contributed by atoms with Crippen molar-refractivity contribution in [3.05, 3.63) is 35.3 Å². The third kappa shape index (κ3) is 4.17. The summed E-state index contributed by atoms with van der Waals surface area (Å²) >= 11 is 1.51. The number of ether oxygens (including phenoxy) is 1. The van der Waals surface area contributed by atoms with Crippen molar-refractivity contribution in [2.75, 3.05) is 20.2 Å². The zero-order chi connectivity index (χ0) is 17.8. The average Bonchev–Trinajstić information content (AvgIpc) is 3.10. The van der Waals surface area contributed by atoms with Crippen molar-refractivity contribution in [3.8, 4) is 16.3 Å². The number of hydrogen-bond donors (Lipinski definition) is 1. The molecule has 1 aromatic carbocycles. The van der Waals surface area contributed by atoms with Crippen molar-refractivity contribution in [2.24, 2.45) is 11.7 Å². The van der Waals surface area contributed by atoms with Gasteiger partial charge >= 0.3 is 0 Å². The number of aromatic nitrogens is 1. The number of likely N-dealkylation sites (tertiary alicyclic amines) is 1. The highest BCUT2D eigenvalue weighted by molar-refractivity contribution is 7.13. The van der Waals surface area contributed by atoms with Gasteiger partial charge in [0.1, 0.15) is 10.8 Å². The van der Waals surface area contributed by atoms with Crippen LogP contribution in [0.4, 0.5) is 0 Å². The summed E-state index contributed by atoms with van der Waals surface area (Å²) in [6, 6.07) is 7.68. The second-order valence-electron chi connectivity index (χ2n) is 6.13. The van der Waals surface area contributed by atoms with E-state index in [1.54, 1.807) is 12.0 Å². The quantitative estimate of drug-likeness (QED) is 0.886. The maximum Gasteiger partial charge on any atom is 0.228 e. The second-order valence-corrected chi connectivity index (χ2v) is 6.99. The van der Waals surface area contributed by atoms with Crippen LogP contribution in [0.1, 0.15) is 18.5 Å². The van der Waals surface area contributed by atoms with Crippen LogP contribution < -0.4 is 10.5 Å². The number of methoxy groups -OCH3 is 1. The Morgan fingerprint density at radius 3 is 2.80 bits per heavy atom. The van der Waals surface area contributed by atoms with E-state index in [-0.39, 0.29) is 24.2 Å². The molecule has 25 heavy (non-hydrogen) atoms. The lowest BCUT2D eigenvalue weighted by Gasteiger charge is -2.31. The molecule has 0 spiro atoms. The lowest BCUT2D eigenvalue weighted by Crippen LogP contribution is -2.44. The minimum Gasteiger partial charge on any atom is -0.497 e. The van der Waals surface area contributed by atoms with Gasteiger partial charge in [-0.3, -0.25) is 9.59 Å². The van der Waals surface area contributed by atoms with Gasteiger partial charge < -0.3 is 15.4 Å². The SMILES string of the molecule is COc1ccc(-c2nc(CC(=O)N3CCCC(C(N)=O)C3)cs2)cc1. The van der Waals surface area contributed by atoms with E-state index in [0.29, 0.717) is 13.1 Å². The van der Waals surface area contributed by atoms with Gasteiger partial charge in [0, 0.05) is 24.0 Å². The first-order valence-electron chi connectivity index (χ1n) is 8.22. The fourth-order valence-corrected chi connectivity index (χ4v) is 3.78. The number of piperidine rings is 1. The van der Waals surface area contributed by atoms with E-state index in [0.717, 1.165) is 34.9 Å². The molecule has 132 valence electrons. The number of hydrogen-bond acceptors (Lipinski definition) is 5. The van der Waals surface area contributed by atoms with E-state index < -0.39 is 0 Å². The van der Waals surface area contributed by atoms with Crippen molar-refractivity contribution in [1.82, 2.24) is 9.88 Å². The van der Waals surface area contributed by atoms with Crippen LogP contribution in [-0.2, 0) is 16.0 Å². The monoisotopic (exact) mass is 359 g/mol. The Labute approximate surface area is 150 Å². The number of primary amides is 1. The van der Waals surface area contributed by atoms with Crippen LogP contribution in [0.15, 0.2) is 29.6 Å². The normalized spacial score (nSPS) is 17.3. The molecule has 0 radical (unpaired) electrons. The van der Waals surface area contributed by atoms with Crippen LogP contribution in [0.5, 0.6) is 5.75 Å². The van der Waals surface area contributed by atoms with E-state index in [2.05, 4.69) is 4.98 Å². The summed E-state index contributed by atoms with van der Waals surface area (Å²) in [5.41, 5.74) is 7.12. The molecule has 1 fully saturated rings. The molecule has 2 aromatic rings. The Morgan fingerprint density at radius 1 is 1.36 bits per heavy atom. The highest BCUT2D eigenvalue weighted by Crippen LogP contribution is 2.26. The second kappa shape index (κ2) is 7.65. The zero-order valence-corrected chi connectivity index (χ0v) is 14.9. The number of amides is 2. The molecule has 3 rings (SSSR count). The molecule has 2 N–H and O–H groups in total. The Kier molecular flexibility index (Phi) is 5.33. The van der Waals surface area contributed by atoms with Gasteiger partial charge in [0.15, 0.2) is 0 Å². The van der Waals surface area contributed by atoms with Gasteiger partial charge in [-0.2, -0.15) is 0 Å². The Balaban J connectivity index is 1.64. The van der Waals surface area contributed by atoms with Gasteiger partial charge in [-0.1, -0.05) is 0 Å². The molecule has 1 aliphatic heterocycles. The summed E-state index contributed by atoms with van der Waals surface area (Å²) in [6.45, 7) is 1.10. The van der Waals surface area contributed by atoms with Gasteiger partial charge in [0.25, 0.3) is 0 Å². The molecule has 1 unspecified atom stereocenters. The maximum absolute atomic E-state index is 12.5. The van der Waals surface area contributed by atoms with Gasteiger partial charge in [-0.15, -0.1) is 11.3 Å². The topological polar surface area (TPSA) is 85.5 Å².